The lowest BCUT2D eigenvalue weighted by atomic mass is 9.87. The number of carbonyl (C=O) groups is 1. The van der Waals surface area contributed by atoms with Gasteiger partial charge in [-0.25, -0.2) is 0 Å². The first-order valence-corrected chi connectivity index (χ1v) is 8.21. The Kier molecular flexibility index (Phi) is 9.24. The Morgan fingerprint density at radius 3 is 2.90 bits per heavy atom. The number of halogens is 1. The molecule has 0 spiro atoms. The summed E-state index contributed by atoms with van der Waals surface area (Å²) in [4.78, 5) is 13.6. The summed E-state index contributed by atoms with van der Waals surface area (Å²) >= 11 is 2.04. The van der Waals surface area contributed by atoms with Gasteiger partial charge in [0.1, 0.15) is 12.9 Å². The van der Waals surface area contributed by atoms with Crippen LogP contribution >= 0.6 is 22.6 Å². The van der Waals surface area contributed by atoms with Crippen LogP contribution in [-0.2, 0) is 19.0 Å². The molecule has 1 aliphatic heterocycles. The number of likely N-dealkylation sites (tertiary alicyclic amines) is 1. The fourth-order valence-electron chi connectivity index (χ4n) is 2.69. The number of carbonyl (C=O) groups excluding carboxylic acids is 1. The standard InChI is InChI=1S/C15H24INO4/c1-12(18)21-15-7-9-17(2)10-13(15)14(20-11-19-3)6-4-5-8-16/h13-15H,4,6-7,9-11H2,1-3H3. The lowest BCUT2D eigenvalue weighted by Crippen LogP contribution is -2.49. The summed E-state index contributed by atoms with van der Waals surface area (Å²) in [5.74, 6) is 2.98. The molecular formula is C15H24INO4. The van der Waals surface area contributed by atoms with Crippen LogP contribution in [0.5, 0.6) is 0 Å². The zero-order valence-corrected chi connectivity index (χ0v) is 15.1. The highest BCUT2D eigenvalue weighted by Crippen LogP contribution is 2.27. The van der Waals surface area contributed by atoms with Gasteiger partial charge >= 0.3 is 5.97 Å². The van der Waals surface area contributed by atoms with Gasteiger partial charge in [-0.3, -0.25) is 4.79 Å². The van der Waals surface area contributed by atoms with Crippen molar-refractivity contribution in [3.8, 4) is 9.85 Å². The topological polar surface area (TPSA) is 48.0 Å². The Morgan fingerprint density at radius 2 is 2.29 bits per heavy atom. The van der Waals surface area contributed by atoms with Crippen molar-refractivity contribution in [1.29, 1.82) is 0 Å². The summed E-state index contributed by atoms with van der Waals surface area (Å²) < 4.78 is 19.2. The molecule has 1 fully saturated rings. The number of hydrogen-bond donors (Lipinski definition) is 0. The minimum absolute atomic E-state index is 0.0192. The maximum atomic E-state index is 11.3. The molecule has 1 rings (SSSR count). The molecule has 0 aromatic rings. The highest BCUT2D eigenvalue weighted by atomic mass is 127. The number of piperidine rings is 1. The molecule has 0 amide bonds. The van der Waals surface area contributed by atoms with Gasteiger partial charge in [0.05, 0.1) is 6.10 Å². The van der Waals surface area contributed by atoms with Crippen molar-refractivity contribution < 1.29 is 19.0 Å². The quantitative estimate of drug-likeness (QED) is 0.279. The lowest BCUT2D eigenvalue weighted by molar-refractivity contribution is -0.163. The van der Waals surface area contributed by atoms with Crippen molar-refractivity contribution in [2.45, 2.75) is 38.4 Å². The van der Waals surface area contributed by atoms with E-state index in [2.05, 4.69) is 21.8 Å². The minimum Gasteiger partial charge on any atom is -0.462 e. The SMILES string of the molecule is COCOC(CCC#CI)C1CN(C)CCC1OC(C)=O. The summed E-state index contributed by atoms with van der Waals surface area (Å²) in [6, 6.07) is 0. The van der Waals surface area contributed by atoms with Gasteiger partial charge in [0.15, 0.2) is 0 Å². The number of ether oxygens (including phenoxy) is 3. The molecule has 0 aromatic heterocycles. The van der Waals surface area contributed by atoms with E-state index >= 15 is 0 Å². The Morgan fingerprint density at radius 1 is 1.52 bits per heavy atom. The number of rotatable bonds is 7. The average molecular weight is 409 g/mol. The molecule has 0 radical (unpaired) electrons. The fraction of sp³-hybridized carbons (Fsp3) is 0.800. The number of methoxy groups -OCH3 is 1. The van der Waals surface area contributed by atoms with E-state index in [1.54, 1.807) is 7.11 Å². The Balaban J connectivity index is 2.74. The second-order valence-electron chi connectivity index (χ2n) is 5.28. The van der Waals surface area contributed by atoms with Crippen molar-refractivity contribution in [3.63, 3.8) is 0 Å². The fourth-order valence-corrected chi connectivity index (χ4v) is 2.95. The van der Waals surface area contributed by atoms with Crippen LogP contribution in [0.15, 0.2) is 0 Å². The minimum atomic E-state index is -0.230. The lowest BCUT2D eigenvalue weighted by Gasteiger charge is -2.39. The van der Waals surface area contributed by atoms with E-state index in [0.717, 1.165) is 32.4 Å². The Hall–Kier alpha value is -0.360. The largest absolute Gasteiger partial charge is 0.462 e. The summed E-state index contributed by atoms with van der Waals surface area (Å²) in [7, 11) is 3.69. The maximum absolute atomic E-state index is 11.3. The Labute approximate surface area is 140 Å². The smallest absolute Gasteiger partial charge is 0.302 e. The van der Waals surface area contributed by atoms with E-state index < -0.39 is 0 Å². The molecular weight excluding hydrogens is 385 g/mol. The van der Waals surface area contributed by atoms with Gasteiger partial charge in [-0.15, -0.1) is 0 Å². The summed E-state index contributed by atoms with van der Waals surface area (Å²) in [5, 5.41) is 0. The molecule has 3 unspecified atom stereocenters. The van der Waals surface area contributed by atoms with Crippen LogP contribution in [0.25, 0.3) is 0 Å². The van der Waals surface area contributed by atoms with E-state index in [-0.39, 0.29) is 30.9 Å². The molecule has 6 heteroatoms. The van der Waals surface area contributed by atoms with Gasteiger partial charge in [0.25, 0.3) is 0 Å². The van der Waals surface area contributed by atoms with E-state index in [0.29, 0.717) is 0 Å². The van der Waals surface area contributed by atoms with Crippen molar-refractivity contribution in [2.24, 2.45) is 5.92 Å². The third kappa shape index (κ3) is 6.96. The van der Waals surface area contributed by atoms with Crippen LogP contribution in [0.1, 0.15) is 26.2 Å². The first-order chi connectivity index (χ1) is 10.1. The van der Waals surface area contributed by atoms with Crippen LogP contribution in [0.4, 0.5) is 0 Å². The van der Waals surface area contributed by atoms with Gasteiger partial charge in [0, 0.05) is 62.1 Å². The van der Waals surface area contributed by atoms with Crippen molar-refractivity contribution >= 4 is 28.6 Å². The molecule has 1 heterocycles. The molecule has 1 saturated heterocycles. The molecule has 3 atom stereocenters. The van der Waals surface area contributed by atoms with Crippen molar-refractivity contribution in [2.75, 3.05) is 34.0 Å². The molecule has 0 bridgehead atoms. The molecule has 0 N–H and O–H groups in total. The number of hydrogen-bond acceptors (Lipinski definition) is 5. The van der Waals surface area contributed by atoms with Crippen LogP contribution in [0.3, 0.4) is 0 Å². The van der Waals surface area contributed by atoms with Gasteiger partial charge < -0.3 is 19.1 Å². The predicted octanol–water partition coefficient (Wildman–Crippen LogP) is 2.04. The van der Waals surface area contributed by atoms with E-state index in [1.165, 1.54) is 6.92 Å². The first-order valence-electron chi connectivity index (χ1n) is 7.13. The van der Waals surface area contributed by atoms with Crippen LogP contribution < -0.4 is 0 Å². The van der Waals surface area contributed by atoms with Crippen LogP contribution in [-0.4, -0.2) is 57.1 Å². The van der Waals surface area contributed by atoms with Gasteiger partial charge in [-0.2, -0.15) is 0 Å². The average Bonchev–Trinajstić information content (AvgIpc) is 2.44. The molecule has 1 aliphatic rings. The maximum Gasteiger partial charge on any atom is 0.302 e. The van der Waals surface area contributed by atoms with E-state index in [4.69, 9.17) is 14.2 Å². The summed E-state index contributed by atoms with van der Waals surface area (Å²) in [5.41, 5.74) is 0. The molecule has 120 valence electrons. The highest BCUT2D eigenvalue weighted by molar-refractivity contribution is 14.1. The normalized spacial score (nSPS) is 24.0. The second-order valence-corrected chi connectivity index (χ2v) is 5.82. The van der Waals surface area contributed by atoms with Crippen LogP contribution in [0, 0.1) is 15.8 Å². The van der Waals surface area contributed by atoms with Gasteiger partial charge in [0.2, 0.25) is 0 Å². The summed E-state index contributed by atoms with van der Waals surface area (Å²) in [6.07, 6.45) is 2.31. The predicted molar refractivity (Wildman–Crippen MR) is 88.9 cm³/mol. The monoisotopic (exact) mass is 409 g/mol. The van der Waals surface area contributed by atoms with E-state index in [9.17, 15) is 4.79 Å². The van der Waals surface area contributed by atoms with Crippen molar-refractivity contribution in [1.82, 2.24) is 4.90 Å². The van der Waals surface area contributed by atoms with E-state index in [1.807, 2.05) is 22.6 Å². The molecule has 5 nitrogen and oxygen atoms in total. The third-order valence-electron chi connectivity index (χ3n) is 3.61. The number of nitrogens with zero attached hydrogens (tertiary/aromatic N) is 1. The van der Waals surface area contributed by atoms with Crippen molar-refractivity contribution in [3.05, 3.63) is 0 Å². The highest BCUT2D eigenvalue weighted by Gasteiger charge is 2.36. The van der Waals surface area contributed by atoms with Gasteiger partial charge in [-0.1, -0.05) is 5.92 Å². The second kappa shape index (κ2) is 10.4. The Bertz CT molecular complexity index is 380. The third-order valence-corrected chi connectivity index (χ3v) is 3.99. The zero-order chi connectivity index (χ0) is 15.7. The zero-order valence-electron chi connectivity index (χ0n) is 12.9. The number of esters is 1. The van der Waals surface area contributed by atoms with Crippen LogP contribution in [0.2, 0.25) is 0 Å². The molecule has 0 saturated carbocycles. The first kappa shape index (κ1) is 18.7. The summed E-state index contributed by atoms with van der Waals surface area (Å²) in [6.45, 7) is 3.49. The molecule has 21 heavy (non-hydrogen) atoms. The van der Waals surface area contributed by atoms with Gasteiger partial charge in [-0.05, 0) is 23.8 Å². The molecule has 0 aliphatic carbocycles. The molecule has 0 aromatic carbocycles.